The van der Waals surface area contributed by atoms with Crippen molar-refractivity contribution < 1.29 is 18.8 Å². The molecule has 0 spiro atoms. The van der Waals surface area contributed by atoms with Crippen molar-refractivity contribution in [3.05, 3.63) is 86.2 Å². The fraction of sp³-hybridized carbons (Fsp3) is 0.167. The lowest BCUT2D eigenvalue weighted by atomic mass is 10.0. The summed E-state index contributed by atoms with van der Waals surface area (Å²) in [6, 6.07) is 9.24. The number of rotatable bonds is 5. The van der Waals surface area contributed by atoms with E-state index in [1.165, 1.54) is 30.5 Å². The number of benzene rings is 1. The number of aryl methyl sites for hydroxylation is 1. The molecule has 0 unspecified atom stereocenters. The van der Waals surface area contributed by atoms with Crippen LogP contribution in [0.3, 0.4) is 0 Å². The van der Waals surface area contributed by atoms with Crippen LogP contribution < -0.4 is 15.9 Å². The first kappa shape index (κ1) is 23.2. The molecule has 0 bridgehead atoms. The van der Waals surface area contributed by atoms with E-state index in [-0.39, 0.29) is 50.5 Å². The Bertz CT molecular complexity index is 1500. The maximum Gasteiger partial charge on any atom is 0.196 e. The van der Waals surface area contributed by atoms with E-state index < -0.39 is 11.9 Å². The lowest BCUT2D eigenvalue weighted by Gasteiger charge is -2.19. The molecule has 0 radical (unpaired) electrons. The molecule has 0 aliphatic carbocycles. The van der Waals surface area contributed by atoms with Crippen LogP contribution in [0.5, 0.6) is 5.75 Å². The summed E-state index contributed by atoms with van der Waals surface area (Å²) in [6.45, 7) is 5.14. The van der Waals surface area contributed by atoms with Gasteiger partial charge >= 0.3 is 0 Å². The molecular formula is C24H20ClFN4O4. The second-order valence-corrected chi connectivity index (χ2v) is 8.06. The fourth-order valence-electron chi connectivity index (χ4n) is 3.65. The molecule has 0 aliphatic rings. The van der Waals surface area contributed by atoms with Gasteiger partial charge in [-0.05, 0) is 62.7 Å². The molecule has 3 aromatic heterocycles. The van der Waals surface area contributed by atoms with Crippen molar-refractivity contribution in [2.24, 2.45) is 10.9 Å². The van der Waals surface area contributed by atoms with E-state index >= 15 is 0 Å². The second-order valence-electron chi connectivity index (χ2n) is 7.68. The molecule has 1 atom stereocenters. The van der Waals surface area contributed by atoms with E-state index in [0.29, 0.717) is 10.9 Å². The Labute approximate surface area is 198 Å². The number of aromatic nitrogens is 2. The van der Waals surface area contributed by atoms with Gasteiger partial charge in [0.15, 0.2) is 28.5 Å². The predicted octanol–water partition coefficient (Wildman–Crippen LogP) is 4.89. The topological polar surface area (TPSA) is 124 Å². The number of halogens is 2. The molecule has 4 rings (SSSR count). The molecule has 4 aromatic rings. The molecule has 8 nitrogen and oxygen atoms in total. The number of pyridine rings is 2. The maximum atomic E-state index is 14.5. The zero-order valence-corrected chi connectivity index (χ0v) is 19.2. The first-order valence-corrected chi connectivity index (χ1v) is 10.6. The standard InChI is InChI=1S/C24H20ClFN4O4/c1-11-9-14(13(3)33-17-6-7-18(25)29-20(17)24(27)30-32)23-15(10-11)21(31)12(2)22(34-23)19-16(26)5-4-8-28-19/h4-10,13,32H,1-3H3,(H2,27,30)/t13-/m1/s1. The average Bonchev–Trinajstić information content (AvgIpc) is 2.82. The van der Waals surface area contributed by atoms with Gasteiger partial charge in [0.2, 0.25) is 0 Å². The smallest absolute Gasteiger partial charge is 0.196 e. The fourth-order valence-corrected chi connectivity index (χ4v) is 3.80. The Hall–Kier alpha value is -3.98. The molecular weight excluding hydrogens is 463 g/mol. The summed E-state index contributed by atoms with van der Waals surface area (Å²) in [5.74, 6) is -0.652. The highest BCUT2D eigenvalue weighted by Crippen LogP contribution is 2.33. The van der Waals surface area contributed by atoms with Gasteiger partial charge in [-0.1, -0.05) is 16.8 Å². The van der Waals surface area contributed by atoms with Crippen LogP contribution in [-0.2, 0) is 0 Å². The van der Waals surface area contributed by atoms with Crippen LogP contribution in [0, 0.1) is 19.7 Å². The molecule has 0 aliphatic heterocycles. The third-order valence-corrected chi connectivity index (χ3v) is 5.49. The lowest BCUT2D eigenvalue weighted by Crippen LogP contribution is -2.18. The van der Waals surface area contributed by atoms with Crippen LogP contribution in [-0.4, -0.2) is 21.0 Å². The highest BCUT2D eigenvalue weighted by molar-refractivity contribution is 6.29. The summed E-state index contributed by atoms with van der Waals surface area (Å²) < 4.78 is 26.6. The van der Waals surface area contributed by atoms with E-state index in [1.807, 2.05) is 6.92 Å². The number of nitrogens with two attached hydrogens (primary N) is 1. The highest BCUT2D eigenvalue weighted by Gasteiger charge is 2.23. The van der Waals surface area contributed by atoms with Gasteiger partial charge in [0, 0.05) is 17.3 Å². The summed E-state index contributed by atoms with van der Waals surface area (Å²) in [6.07, 6.45) is 0.745. The Morgan fingerprint density at radius 2 is 2.06 bits per heavy atom. The first-order chi connectivity index (χ1) is 16.2. The number of ether oxygens (including phenoxy) is 1. The van der Waals surface area contributed by atoms with Gasteiger partial charge in [0.1, 0.15) is 28.3 Å². The maximum absolute atomic E-state index is 14.5. The van der Waals surface area contributed by atoms with Gasteiger partial charge in [-0.2, -0.15) is 0 Å². The highest BCUT2D eigenvalue weighted by atomic mass is 35.5. The summed E-state index contributed by atoms with van der Waals surface area (Å²) >= 11 is 5.95. The van der Waals surface area contributed by atoms with Gasteiger partial charge in [-0.3, -0.25) is 4.79 Å². The van der Waals surface area contributed by atoms with Crippen molar-refractivity contribution in [2.45, 2.75) is 26.9 Å². The van der Waals surface area contributed by atoms with Gasteiger partial charge in [-0.15, -0.1) is 0 Å². The van der Waals surface area contributed by atoms with Crippen LogP contribution in [0.2, 0.25) is 5.15 Å². The third kappa shape index (κ3) is 4.17. The molecule has 0 saturated heterocycles. The predicted molar refractivity (Wildman–Crippen MR) is 126 cm³/mol. The zero-order valence-electron chi connectivity index (χ0n) is 18.5. The zero-order chi connectivity index (χ0) is 24.6. The summed E-state index contributed by atoms with van der Waals surface area (Å²) in [4.78, 5) is 21.3. The monoisotopic (exact) mass is 482 g/mol. The second kappa shape index (κ2) is 9.11. The lowest BCUT2D eigenvalue weighted by molar-refractivity contribution is 0.225. The van der Waals surface area contributed by atoms with Gasteiger partial charge in [0.25, 0.3) is 0 Å². The van der Waals surface area contributed by atoms with E-state index in [9.17, 15) is 9.18 Å². The van der Waals surface area contributed by atoms with Crippen LogP contribution in [0.25, 0.3) is 22.4 Å². The van der Waals surface area contributed by atoms with Gasteiger partial charge < -0.3 is 20.1 Å². The Morgan fingerprint density at radius 3 is 2.76 bits per heavy atom. The van der Waals surface area contributed by atoms with Crippen molar-refractivity contribution >= 4 is 28.4 Å². The normalized spacial score (nSPS) is 12.7. The Balaban J connectivity index is 1.90. The van der Waals surface area contributed by atoms with Crippen molar-refractivity contribution in [3.8, 4) is 17.2 Å². The summed E-state index contributed by atoms with van der Waals surface area (Å²) in [7, 11) is 0. The molecule has 0 amide bonds. The Morgan fingerprint density at radius 1 is 1.29 bits per heavy atom. The van der Waals surface area contributed by atoms with Crippen molar-refractivity contribution in [1.29, 1.82) is 0 Å². The largest absolute Gasteiger partial charge is 0.483 e. The van der Waals surface area contributed by atoms with Crippen molar-refractivity contribution in [2.75, 3.05) is 0 Å². The molecule has 174 valence electrons. The minimum atomic E-state index is -0.678. The van der Waals surface area contributed by atoms with Crippen LogP contribution in [0.4, 0.5) is 4.39 Å². The Kier molecular flexibility index (Phi) is 6.21. The minimum absolute atomic E-state index is 0.0402. The van der Waals surface area contributed by atoms with Crippen LogP contribution >= 0.6 is 11.6 Å². The number of nitrogens with zero attached hydrogens (tertiary/aromatic N) is 3. The quantitative estimate of drug-likeness (QED) is 0.136. The van der Waals surface area contributed by atoms with Crippen molar-refractivity contribution in [1.82, 2.24) is 9.97 Å². The van der Waals surface area contributed by atoms with E-state index in [4.69, 9.17) is 31.7 Å². The SMILES string of the molecule is Cc1cc([C@@H](C)Oc2ccc(Cl)nc2C(N)=NO)c2oc(-c3ncccc3F)c(C)c(=O)c2c1. The number of fused-ring (bicyclic) bond motifs is 1. The average molecular weight is 483 g/mol. The molecule has 1 aromatic carbocycles. The molecule has 3 heterocycles. The summed E-state index contributed by atoms with van der Waals surface area (Å²) in [5.41, 5.74) is 7.22. The molecule has 0 saturated carbocycles. The van der Waals surface area contributed by atoms with Crippen molar-refractivity contribution in [3.63, 3.8) is 0 Å². The number of amidine groups is 1. The van der Waals surface area contributed by atoms with Crippen LogP contribution in [0.1, 0.15) is 35.4 Å². The van der Waals surface area contributed by atoms with E-state index in [0.717, 1.165) is 5.56 Å². The molecule has 34 heavy (non-hydrogen) atoms. The third-order valence-electron chi connectivity index (χ3n) is 5.28. The van der Waals surface area contributed by atoms with Crippen LogP contribution in [0.15, 0.2) is 57.0 Å². The van der Waals surface area contributed by atoms with E-state index in [1.54, 1.807) is 26.0 Å². The number of hydrogen-bond acceptors (Lipinski definition) is 7. The van der Waals surface area contributed by atoms with Gasteiger partial charge in [-0.25, -0.2) is 14.4 Å². The number of oxime groups is 1. The number of hydrogen-bond donors (Lipinski definition) is 2. The molecule has 0 fully saturated rings. The van der Waals surface area contributed by atoms with E-state index in [2.05, 4.69) is 15.1 Å². The molecule has 3 N–H and O–H groups in total. The molecule has 10 heteroatoms. The minimum Gasteiger partial charge on any atom is -0.483 e. The first-order valence-electron chi connectivity index (χ1n) is 10.2. The summed E-state index contributed by atoms with van der Waals surface area (Å²) in [5, 5.41) is 12.5. The van der Waals surface area contributed by atoms with Gasteiger partial charge in [0.05, 0.1) is 5.39 Å².